The van der Waals surface area contributed by atoms with E-state index in [0.717, 1.165) is 6.42 Å². The van der Waals surface area contributed by atoms with Crippen molar-refractivity contribution in [2.24, 2.45) is 0 Å². The fourth-order valence-electron chi connectivity index (χ4n) is 7.26. The van der Waals surface area contributed by atoms with Gasteiger partial charge in [0.2, 0.25) is 11.2 Å². The lowest BCUT2D eigenvalue weighted by Crippen LogP contribution is -2.50. The number of fused-ring (bicyclic) bond motifs is 12. The van der Waals surface area contributed by atoms with Crippen molar-refractivity contribution in [1.82, 2.24) is 0 Å². The summed E-state index contributed by atoms with van der Waals surface area (Å²) in [6.45, 7) is 7.76. The molecule has 2 aliphatic heterocycles. The quantitative estimate of drug-likeness (QED) is 0.217. The third-order valence-electron chi connectivity index (χ3n) is 8.75. The smallest absolute Gasteiger partial charge is 0.231 e. The molecule has 2 atom stereocenters. The highest BCUT2D eigenvalue weighted by Gasteiger charge is 2.46. The predicted molar refractivity (Wildman–Crippen MR) is 156 cm³/mol. The Morgan fingerprint density at radius 2 is 1.65 bits per heavy atom. The van der Waals surface area contributed by atoms with E-state index >= 15 is 0 Å². The summed E-state index contributed by atoms with van der Waals surface area (Å²) in [4.78, 5) is 0. The van der Waals surface area contributed by atoms with Crippen LogP contribution in [0.2, 0.25) is 0 Å². The molecule has 2 aromatic heterocycles. The summed E-state index contributed by atoms with van der Waals surface area (Å²) in [5.74, 6) is 0.362. The summed E-state index contributed by atoms with van der Waals surface area (Å²) in [7, 11) is 1.86. The van der Waals surface area contributed by atoms with E-state index in [1.807, 2.05) is 18.4 Å². The molecule has 8 rings (SSSR count). The molecule has 0 fully saturated rings. The molecule has 182 valence electrons. The number of pyridine rings is 1. The van der Waals surface area contributed by atoms with Crippen molar-refractivity contribution in [1.29, 1.82) is 0 Å². The molecule has 3 heteroatoms. The van der Waals surface area contributed by atoms with Gasteiger partial charge in [-0.15, -0.1) is 11.3 Å². The highest BCUT2D eigenvalue weighted by atomic mass is 32.1. The second-order valence-electron chi connectivity index (χ2n) is 11.9. The van der Waals surface area contributed by atoms with E-state index in [-0.39, 0.29) is 11.5 Å². The third-order valence-corrected chi connectivity index (χ3v) is 9.93. The van der Waals surface area contributed by atoms with Crippen molar-refractivity contribution in [2.45, 2.75) is 44.6 Å². The standard InChI is InChI=1S/C34H30NOS/c1-34(2,3)26-17-25-30(21-10-6-5-9-20(21)26)24-15-19-13-14-22-27(16-19)35(28(24)18-36-4)32(25)33-31(22)23-11-7-8-12-29(23)37-33/h5-14,16-17,24,28H,15,18H2,1-4H3/q+1. The fourth-order valence-corrected chi connectivity index (χ4v) is 8.53. The zero-order valence-electron chi connectivity index (χ0n) is 21.8. The van der Waals surface area contributed by atoms with Gasteiger partial charge in [0.05, 0.1) is 16.9 Å². The lowest BCUT2D eigenvalue weighted by molar-refractivity contribution is -0.694. The van der Waals surface area contributed by atoms with Crippen LogP contribution in [0.3, 0.4) is 0 Å². The molecule has 0 spiro atoms. The van der Waals surface area contributed by atoms with Crippen molar-refractivity contribution in [2.75, 3.05) is 13.7 Å². The number of benzene rings is 4. The first-order valence-corrected chi connectivity index (χ1v) is 14.1. The van der Waals surface area contributed by atoms with Crippen LogP contribution >= 0.6 is 11.3 Å². The van der Waals surface area contributed by atoms with Crippen LogP contribution in [0.4, 0.5) is 0 Å². The van der Waals surface area contributed by atoms with E-state index in [1.165, 1.54) is 69.8 Å². The second-order valence-corrected chi connectivity index (χ2v) is 12.9. The second kappa shape index (κ2) is 7.40. The predicted octanol–water partition coefficient (Wildman–Crippen LogP) is 8.45. The van der Waals surface area contributed by atoms with Gasteiger partial charge < -0.3 is 4.74 Å². The molecule has 2 aliphatic rings. The molecular weight excluding hydrogens is 470 g/mol. The maximum absolute atomic E-state index is 5.96. The topological polar surface area (TPSA) is 13.1 Å². The maximum atomic E-state index is 5.96. The van der Waals surface area contributed by atoms with Gasteiger partial charge in [-0.05, 0) is 57.5 Å². The molecule has 0 amide bonds. The van der Waals surface area contributed by atoms with Crippen LogP contribution in [-0.2, 0) is 16.6 Å². The van der Waals surface area contributed by atoms with Crippen molar-refractivity contribution in [3.05, 3.63) is 89.5 Å². The van der Waals surface area contributed by atoms with Crippen molar-refractivity contribution in [3.63, 3.8) is 0 Å². The molecule has 4 bridgehead atoms. The summed E-state index contributed by atoms with van der Waals surface area (Å²) in [6.07, 6.45) is 1.03. The van der Waals surface area contributed by atoms with E-state index in [2.05, 4.69) is 98.1 Å². The third kappa shape index (κ3) is 2.82. The molecule has 6 aromatic rings. The number of aromatic nitrogens is 1. The molecule has 0 saturated carbocycles. The molecule has 37 heavy (non-hydrogen) atoms. The van der Waals surface area contributed by atoms with Crippen LogP contribution in [0.1, 0.15) is 49.4 Å². The lowest BCUT2D eigenvalue weighted by Gasteiger charge is -2.33. The minimum atomic E-state index is 0.0412. The normalized spacial score (nSPS) is 18.4. The first-order chi connectivity index (χ1) is 18.0. The van der Waals surface area contributed by atoms with Crippen LogP contribution in [-0.4, -0.2) is 13.7 Å². The number of hydrogen-bond donors (Lipinski definition) is 0. The van der Waals surface area contributed by atoms with Crippen LogP contribution in [0.5, 0.6) is 0 Å². The maximum Gasteiger partial charge on any atom is 0.231 e. The van der Waals surface area contributed by atoms with Gasteiger partial charge in [0.1, 0.15) is 11.3 Å². The Balaban J connectivity index is 1.67. The minimum absolute atomic E-state index is 0.0412. The van der Waals surface area contributed by atoms with Gasteiger partial charge in [-0.3, -0.25) is 0 Å². The highest BCUT2D eigenvalue weighted by Crippen LogP contribution is 2.52. The Hall–Kier alpha value is -3.27. The van der Waals surface area contributed by atoms with Gasteiger partial charge in [-0.2, -0.15) is 4.57 Å². The molecule has 0 radical (unpaired) electrons. The summed E-state index contributed by atoms with van der Waals surface area (Å²) in [6, 6.07) is 28.1. The zero-order chi connectivity index (χ0) is 25.1. The zero-order valence-corrected chi connectivity index (χ0v) is 22.6. The van der Waals surface area contributed by atoms with Gasteiger partial charge in [0.15, 0.2) is 6.04 Å². The Bertz CT molecular complexity index is 1920. The Morgan fingerprint density at radius 1 is 0.892 bits per heavy atom. The number of rotatable bonds is 2. The monoisotopic (exact) mass is 500 g/mol. The molecule has 2 nitrogen and oxygen atoms in total. The summed E-state index contributed by atoms with van der Waals surface area (Å²) < 4.78 is 11.4. The molecule has 4 aromatic carbocycles. The van der Waals surface area contributed by atoms with Gasteiger partial charge in [-0.25, -0.2) is 0 Å². The van der Waals surface area contributed by atoms with E-state index < -0.39 is 0 Å². The average Bonchev–Trinajstić information content (AvgIpc) is 3.23. The van der Waals surface area contributed by atoms with E-state index in [0.29, 0.717) is 12.5 Å². The highest BCUT2D eigenvalue weighted by molar-refractivity contribution is 7.26. The van der Waals surface area contributed by atoms with Crippen LogP contribution in [0.25, 0.3) is 53.1 Å². The van der Waals surface area contributed by atoms with Crippen LogP contribution < -0.4 is 4.57 Å². The van der Waals surface area contributed by atoms with Crippen molar-refractivity contribution < 1.29 is 9.30 Å². The molecular formula is C34H30NOS+. The number of methoxy groups -OCH3 is 1. The summed E-state index contributed by atoms with van der Waals surface area (Å²) in [5.41, 5.74) is 8.55. The molecule has 0 N–H and O–H groups in total. The van der Waals surface area contributed by atoms with Crippen LogP contribution in [0, 0.1) is 0 Å². The molecule has 2 unspecified atom stereocenters. The SMILES string of the molecule is COCC1C2Cc3ccc4c5c(sc6ccccc65)c([n+]1c4c3)-c1cc(C(C)(C)C)c3ccccc3c12. The first-order valence-electron chi connectivity index (χ1n) is 13.3. The summed E-state index contributed by atoms with van der Waals surface area (Å²) >= 11 is 1.95. The molecule has 4 heterocycles. The minimum Gasteiger partial charge on any atom is -0.378 e. The fraction of sp³-hybridized carbons (Fsp3) is 0.265. The number of nitrogens with zero attached hydrogens (tertiary/aromatic N) is 1. The number of hydrogen-bond acceptors (Lipinski definition) is 2. The van der Waals surface area contributed by atoms with E-state index in [9.17, 15) is 0 Å². The lowest BCUT2D eigenvalue weighted by atomic mass is 9.74. The molecule has 0 saturated heterocycles. The van der Waals surface area contributed by atoms with Gasteiger partial charge in [0.25, 0.3) is 0 Å². The number of thiophene rings is 1. The van der Waals surface area contributed by atoms with E-state index in [4.69, 9.17) is 4.74 Å². The van der Waals surface area contributed by atoms with Gasteiger partial charge in [0, 0.05) is 28.6 Å². The van der Waals surface area contributed by atoms with Crippen LogP contribution in [0.15, 0.2) is 72.8 Å². The Kier molecular flexibility index (Phi) is 4.36. The Labute approximate surface area is 221 Å². The van der Waals surface area contributed by atoms with Crippen molar-refractivity contribution >= 4 is 53.2 Å². The average molecular weight is 501 g/mol. The van der Waals surface area contributed by atoms with Crippen molar-refractivity contribution in [3.8, 4) is 11.3 Å². The Morgan fingerprint density at radius 3 is 2.43 bits per heavy atom. The van der Waals surface area contributed by atoms with Gasteiger partial charge >= 0.3 is 0 Å². The number of ether oxygens (including phenoxy) is 1. The molecule has 0 aliphatic carbocycles. The van der Waals surface area contributed by atoms with Gasteiger partial charge in [-0.1, -0.05) is 69.3 Å². The largest absolute Gasteiger partial charge is 0.378 e. The summed E-state index contributed by atoms with van der Waals surface area (Å²) in [5, 5.41) is 6.93. The van der Waals surface area contributed by atoms with E-state index in [1.54, 1.807) is 0 Å². The first kappa shape index (κ1) is 21.8.